The molecule has 122 valence electrons. The Balaban J connectivity index is 1.64. The van der Waals surface area contributed by atoms with Gasteiger partial charge in [0.1, 0.15) is 5.82 Å². The van der Waals surface area contributed by atoms with E-state index in [4.69, 9.17) is 11.6 Å². The molecule has 1 unspecified atom stereocenters. The highest BCUT2D eigenvalue weighted by Crippen LogP contribution is 2.23. The van der Waals surface area contributed by atoms with Crippen LogP contribution in [-0.4, -0.2) is 21.6 Å². The van der Waals surface area contributed by atoms with Crippen molar-refractivity contribution in [3.8, 4) is 0 Å². The molecule has 0 saturated heterocycles. The molecule has 0 saturated carbocycles. The van der Waals surface area contributed by atoms with Crippen molar-refractivity contribution in [2.75, 3.05) is 17.2 Å². The van der Waals surface area contributed by atoms with Crippen molar-refractivity contribution in [3.63, 3.8) is 0 Å². The van der Waals surface area contributed by atoms with Crippen molar-refractivity contribution in [2.45, 2.75) is 6.10 Å². The van der Waals surface area contributed by atoms with Crippen LogP contribution < -0.4 is 10.6 Å². The SMILES string of the molecule is OC(CNc1ccnc(Nc2ccccc2Cl)n1)c1ccccc1. The Hall–Kier alpha value is -2.63. The first-order valence-electron chi connectivity index (χ1n) is 7.54. The molecule has 3 N–H and O–H groups in total. The van der Waals surface area contributed by atoms with E-state index in [0.29, 0.717) is 23.3 Å². The van der Waals surface area contributed by atoms with Gasteiger partial charge in [0.15, 0.2) is 0 Å². The quantitative estimate of drug-likeness (QED) is 0.632. The fourth-order valence-corrected chi connectivity index (χ4v) is 2.38. The molecule has 3 rings (SSSR count). The number of nitrogens with one attached hydrogen (secondary N) is 2. The van der Waals surface area contributed by atoms with E-state index in [1.54, 1.807) is 18.3 Å². The fourth-order valence-electron chi connectivity index (χ4n) is 2.19. The standard InChI is InChI=1S/C18H17ClN4O/c19-14-8-4-5-9-15(14)22-18-20-11-10-17(23-18)21-12-16(24)13-6-2-1-3-7-13/h1-11,16,24H,12H2,(H2,20,21,22,23). The minimum atomic E-state index is -0.610. The highest BCUT2D eigenvalue weighted by atomic mass is 35.5. The maximum absolute atomic E-state index is 10.2. The molecule has 0 bridgehead atoms. The van der Waals surface area contributed by atoms with Crippen LogP contribution in [0.4, 0.5) is 17.5 Å². The Kier molecular flexibility index (Phi) is 5.25. The molecule has 6 heteroatoms. The summed E-state index contributed by atoms with van der Waals surface area (Å²) in [5.74, 6) is 1.05. The zero-order chi connectivity index (χ0) is 16.8. The van der Waals surface area contributed by atoms with Crippen LogP contribution in [0.3, 0.4) is 0 Å². The van der Waals surface area contributed by atoms with Gasteiger partial charge in [-0.25, -0.2) is 4.98 Å². The summed E-state index contributed by atoms with van der Waals surface area (Å²) in [4.78, 5) is 8.55. The van der Waals surface area contributed by atoms with E-state index >= 15 is 0 Å². The molecule has 0 spiro atoms. The third-order valence-electron chi connectivity index (χ3n) is 3.44. The van der Waals surface area contributed by atoms with E-state index in [2.05, 4.69) is 20.6 Å². The zero-order valence-electron chi connectivity index (χ0n) is 12.9. The van der Waals surface area contributed by atoms with Crippen molar-refractivity contribution < 1.29 is 5.11 Å². The van der Waals surface area contributed by atoms with Gasteiger partial charge in [0.25, 0.3) is 0 Å². The van der Waals surface area contributed by atoms with Crippen LogP contribution in [-0.2, 0) is 0 Å². The first-order chi connectivity index (χ1) is 11.7. The number of nitrogens with zero attached hydrogens (tertiary/aromatic N) is 2. The average molecular weight is 341 g/mol. The third-order valence-corrected chi connectivity index (χ3v) is 3.77. The number of anilines is 3. The van der Waals surface area contributed by atoms with Gasteiger partial charge in [-0.15, -0.1) is 0 Å². The van der Waals surface area contributed by atoms with Crippen LogP contribution in [0, 0.1) is 0 Å². The van der Waals surface area contributed by atoms with E-state index in [-0.39, 0.29) is 0 Å². The Morgan fingerprint density at radius 3 is 2.54 bits per heavy atom. The van der Waals surface area contributed by atoms with Gasteiger partial charge >= 0.3 is 0 Å². The highest BCUT2D eigenvalue weighted by molar-refractivity contribution is 6.33. The molecular formula is C18H17ClN4O. The molecule has 1 heterocycles. The lowest BCUT2D eigenvalue weighted by Crippen LogP contribution is -2.13. The summed E-state index contributed by atoms with van der Waals surface area (Å²) < 4.78 is 0. The largest absolute Gasteiger partial charge is 0.387 e. The van der Waals surface area contributed by atoms with Crippen molar-refractivity contribution in [3.05, 3.63) is 77.4 Å². The highest BCUT2D eigenvalue weighted by Gasteiger charge is 2.08. The molecule has 1 aromatic heterocycles. The molecule has 3 aromatic rings. The van der Waals surface area contributed by atoms with Gasteiger partial charge in [-0.3, -0.25) is 0 Å². The van der Waals surface area contributed by atoms with Crippen LogP contribution in [0.15, 0.2) is 66.9 Å². The monoisotopic (exact) mass is 340 g/mol. The minimum absolute atomic E-state index is 0.354. The van der Waals surface area contributed by atoms with Crippen molar-refractivity contribution in [2.24, 2.45) is 0 Å². The number of para-hydroxylation sites is 1. The lowest BCUT2D eigenvalue weighted by Gasteiger charge is -2.13. The summed E-state index contributed by atoms with van der Waals surface area (Å²) >= 11 is 6.12. The smallest absolute Gasteiger partial charge is 0.229 e. The molecule has 0 aliphatic rings. The summed E-state index contributed by atoms with van der Waals surface area (Å²) in [6, 6.07) is 18.6. The topological polar surface area (TPSA) is 70.1 Å². The molecule has 0 radical (unpaired) electrons. The lowest BCUT2D eigenvalue weighted by molar-refractivity contribution is 0.191. The van der Waals surface area contributed by atoms with E-state index in [1.165, 1.54) is 0 Å². The van der Waals surface area contributed by atoms with E-state index in [1.807, 2.05) is 48.5 Å². The maximum atomic E-state index is 10.2. The number of hydrogen-bond acceptors (Lipinski definition) is 5. The minimum Gasteiger partial charge on any atom is -0.387 e. The average Bonchev–Trinajstić information content (AvgIpc) is 2.63. The third kappa shape index (κ3) is 4.22. The predicted octanol–water partition coefficient (Wildman–Crippen LogP) is 4.02. The van der Waals surface area contributed by atoms with Gasteiger partial charge in [-0.2, -0.15) is 4.98 Å². The first-order valence-corrected chi connectivity index (χ1v) is 7.91. The number of aliphatic hydroxyl groups excluding tert-OH is 1. The van der Waals surface area contributed by atoms with Crippen LogP contribution in [0.5, 0.6) is 0 Å². The van der Waals surface area contributed by atoms with Gasteiger partial charge < -0.3 is 15.7 Å². The molecule has 5 nitrogen and oxygen atoms in total. The van der Waals surface area contributed by atoms with Crippen LogP contribution in [0.1, 0.15) is 11.7 Å². The Bertz CT molecular complexity index is 798. The number of aromatic nitrogens is 2. The molecule has 0 aliphatic carbocycles. The van der Waals surface area contributed by atoms with Crippen LogP contribution >= 0.6 is 11.6 Å². The summed E-state index contributed by atoms with van der Waals surface area (Å²) in [7, 11) is 0. The molecule has 0 fully saturated rings. The summed E-state index contributed by atoms with van der Waals surface area (Å²) in [6.45, 7) is 0.354. The molecule has 1 atom stereocenters. The summed E-state index contributed by atoms with van der Waals surface area (Å²) in [5, 5.41) is 17.0. The number of halogens is 1. The maximum Gasteiger partial charge on any atom is 0.229 e. The van der Waals surface area contributed by atoms with Crippen molar-refractivity contribution in [1.29, 1.82) is 0 Å². The van der Waals surface area contributed by atoms with Crippen LogP contribution in [0.2, 0.25) is 5.02 Å². The number of benzene rings is 2. The normalized spacial score (nSPS) is 11.8. The second-order valence-electron chi connectivity index (χ2n) is 5.18. The Labute approximate surface area is 145 Å². The molecule has 0 amide bonds. The summed E-state index contributed by atoms with van der Waals surface area (Å²) in [5.41, 5.74) is 1.59. The molecule has 0 aliphatic heterocycles. The Morgan fingerprint density at radius 2 is 1.75 bits per heavy atom. The summed E-state index contributed by atoms with van der Waals surface area (Å²) in [6.07, 6.45) is 1.03. The van der Waals surface area contributed by atoms with E-state index < -0.39 is 6.10 Å². The van der Waals surface area contributed by atoms with E-state index in [9.17, 15) is 5.11 Å². The second kappa shape index (κ2) is 7.77. The fraction of sp³-hybridized carbons (Fsp3) is 0.111. The lowest BCUT2D eigenvalue weighted by atomic mass is 10.1. The van der Waals surface area contributed by atoms with Gasteiger partial charge in [0, 0.05) is 12.7 Å². The molecule has 2 aromatic carbocycles. The second-order valence-corrected chi connectivity index (χ2v) is 5.58. The molecule has 24 heavy (non-hydrogen) atoms. The predicted molar refractivity (Wildman–Crippen MR) is 96.7 cm³/mol. The molecular weight excluding hydrogens is 324 g/mol. The van der Waals surface area contributed by atoms with Crippen LogP contribution in [0.25, 0.3) is 0 Å². The van der Waals surface area contributed by atoms with Crippen molar-refractivity contribution >= 4 is 29.1 Å². The van der Waals surface area contributed by atoms with E-state index in [0.717, 1.165) is 11.3 Å². The van der Waals surface area contributed by atoms with Gasteiger partial charge in [-0.05, 0) is 23.8 Å². The van der Waals surface area contributed by atoms with Gasteiger partial charge in [-0.1, -0.05) is 54.1 Å². The van der Waals surface area contributed by atoms with Gasteiger partial charge in [0.2, 0.25) is 5.95 Å². The number of rotatable bonds is 6. The first kappa shape index (κ1) is 16.2. The number of hydrogen-bond donors (Lipinski definition) is 3. The van der Waals surface area contributed by atoms with Gasteiger partial charge in [0.05, 0.1) is 16.8 Å². The Morgan fingerprint density at radius 1 is 1.00 bits per heavy atom. The number of aliphatic hydroxyl groups is 1. The van der Waals surface area contributed by atoms with Crippen molar-refractivity contribution in [1.82, 2.24) is 9.97 Å². The zero-order valence-corrected chi connectivity index (χ0v) is 13.6.